The first-order valence-corrected chi connectivity index (χ1v) is 11.0. The smallest absolute Gasteiger partial charge is 0.355 e. The largest absolute Gasteiger partial charge is 0.401 e. The fraction of sp³-hybridized carbons (Fsp3) is 0.611. The van der Waals surface area contributed by atoms with Gasteiger partial charge in [-0.3, -0.25) is 14.5 Å². The summed E-state index contributed by atoms with van der Waals surface area (Å²) in [6.07, 6.45) is -3.79. The number of H-pyrrole nitrogens is 1. The summed E-state index contributed by atoms with van der Waals surface area (Å²) in [6.45, 7) is 5.17. The lowest BCUT2D eigenvalue weighted by Gasteiger charge is -2.18. The lowest BCUT2D eigenvalue weighted by Crippen LogP contribution is -2.35. The van der Waals surface area contributed by atoms with Crippen molar-refractivity contribution in [3.8, 4) is 0 Å². The van der Waals surface area contributed by atoms with Crippen LogP contribution in [0.15, 0.2) is 4.79 Å². The number of rotatable bonds is 9. The van der Waals surface area contributed by atoms with E-state index < -0.39 is 12.7 Å². The van der Waals surface area contributed by atoms with Crippen LogP contribution in [0, 0.1) is 13.8 Å². The Morgan fingerprint density at radius 3 is 2.72 bits per heavy atom. The first-order chi connectivity index (χ1) is 13.5. The van der Waals surface area contributed by atoms with E-state index >= 15 is 0 Å². The Morgan fingerprint density at radius 2 is 2.07 bits per heavy atom. The maximum absolute atomic E-state index is 12.3. The quantitative estimate of drug-likeness (QED) is 0.574. The van der Waals surface area contributed by atoms with Crippen molar-refractivity contribution in [2.45, 2.75) is 44.4 Å². The summed E-state index contributed by atoms with van der Waals surface area (Å²) in [7, 11) is 1.40. The molecule has 2 heterocycles. The molecule has 162 valence electrons. The van der Waals surface area contributed by atoms with Gasteiger partial charge in [0, 0.05) is 11.4 Å². The van der Waals surface area contributed by atoms with Crippen molar-refractivity contribution in [2.75, 3.05) is 26.7 Å². The van der Waals surface area contributed by atoms with E-state index in [0.29, 0.717) is 34.8 Å². The Hall–Kier alpha value is -1.59. The fourth-order valence-electron chi connectivity index (χ4n) is 2.74. The number of thiophene rings is 1. The number of aryl methyl sites for hydroxylation is 2. The van der Waals surface area contributed by atoms with Crippen LogP contribution >= 0.6 is 23.1 Å². The number of fused-ring (bicyclic) bond motifs is 1. The minimum Gasteiger partial charge on any atom is -0.355 e. The van der Waals surface area contributed by atoms with Gasteiger partial charge in [0.05, 0.1) is 22.9 Å². The molecule has 2 aromatic heterocycles. The van der Waals surface area contributed by atoms with Gasteiger partial charge in [-0.05, 0) is 46.3 Å². The number of amides is 1. The van der Waals surface area contributed by atoms with E-state index in [2.05, 4.69) is 15.3 Å². The summed E-state index contributed by atoms with van der Waals surface area (Å²) in [5, 5.41) is 2.97. The first kappa shape index (κ1) is 23.7. The molecule has 0 fully saturated rings. The third kappa shape index (κ3) is 7.00. The van der Waals surface area contributed by atoms with Crippen LogP contribution in [0.2, 0.25) is 0 Å². The number of alkyl halides is 3. The fourth-order valence-corrected chi connectivity index (χ4v) is 4.56. The molecule has 11 heteroatoms. The molecule has 1 amide bonds. The number of aromatic amines is 1. The Bertz CT molecular complexity index is 911. The number of aromatic nitrogens is 2. The first-order valence-electron chi connectivity index (χ1n) is 9.11. The number of nitrogens with one attached hydrogen (secondary N) is 2. The van der Waals surface area contributed by atoms with Gasteiger partial charge in [-0.25, -0.2) is 4.98 Å². The molecule has 0 saturated carbocycles. The van der Waals surface area contributed by atoms with Gasteiger partial charge < -0.3 is 10.3 Å². The molecule has 29 heavy (non-hydrogen) atoms. The van der Waals surface area contributed by atoms with E-state index in [1.54, 1.807) is 6.92 Å². The van der Waals surface area contributed by atoms with Crippen molar-refractivity contribution in [1.29, 1.82) is 0 Å². The van der Waals surface area contributed by atoms with Crippen LogP contribution in [0.3, 0.4) is 0 Å². The zero-order chi connectivity index (χ0) is 21.8. The number of carbonyl (C=O) groups excluding carboxylic acids is 1. The summed E-state index contributed by atoms with van der Waals surface area (Å²) in [4.78, 5) is 34.6. The topological polar surface area (TPSA) is 78.1 Å². The van der Waals surface area contributed by atoms with Gasteiger partial charge >= 0.3 is 6.18 Å². The van der Waals surface area contributed by atoms with Gasteiger partial charge in [0.2, 0.25) is 5.91 Å². The van der Waals surface area contributed by atoms with Gasteiger partial charge in [-0.2, -0.15) is 13.2 Å². The van der Waals surface area contributed by atoms with Gasteiger partial charge in [0.15, 0.2) is 0 Å². The number of thioether (sulfide) groups is 1. The number of hydrogen-bond acceptors (Lipinski definition) is 6. The highest BCUT2D eigenvalue weighted by molar-refractivity contribution is 7.99. The molecule has 0 saturated heterocycles. The van der Waals surface area contributed by atoms with Crippen molar-refractivity contribution < 1.29 is 18.0 Å². The molecule has 0 spiro atoms. The van der Waals surface area contributed by atoms with E-state index in [1.165, 1.54) is 35.0 Å². The average molecular weight is 451 g/mol. The molecule has 2 rings (SSSR count). The van der Waals surface area contributed by atoms with E-state index in [1.807, 2.05) is 13.8 Å². The normalized spacial score (nSPS) is 13.2. The summed E-state index contributed by atoms with van der Waals surface area (Å²) in [5.41, 5.74) is 0.763. The Labute approximate surface area is 175 Å². The second kappa shape index (κ2) is 9.94. The zero-order valence-electron chi connectivity index (χ0n) is 16.8. The Kier molecular flexibility index (Phi) is 8.12. The zero-order valence-corrected chi connectivity index (χ0v) is 18.4. The standard InChI is InChI=1S/C18H25F3N4O2S2/c1-10-11(2)29-17-14(10)16(27)23-13(24-17)8-28-12(3)15(26)22-6-5-7-25(4)9-18(19,20)21/h12H,5-9H2,1-4H3,(H,22,26)(H,23,24,27). The van der Waals surface area contributed by atoms with Crippen molar-refractivity contribution in [3.05, 3.63) is 26.6 Å². The molecule has 0 aliphatic carbocycles. The van der Waals surface area contributed by atoms with Crippen LogP contribution in [0.25, 0.3) is 10.2 Å². The van der Waals surface area contributed by atoms with Crippen LogP contribution in [0.1, 0.15) is 29.6 Å². The third-order valence-corrected chi connectivity index (χ3v) is 6.65. The predicted octanol–water partition coefficient (Wildman–Crippen LogP) is 3.22. The maximum atomic E-state index is 12.3. The minimum absolute atomic E-state index is 0.174. The summed E-state index contributed by atoms with van der Waals surface area (Å²) in [6, 6.07) is 0. The van der Waals surface area contributed by atoms with Crippen molar-refractivity contribution in [3.63, 3.8) is 0 Å². The van der Waals surface area contributed by atoms with Gasteiger partial charge in [-0.15, -0.1) is 23.1 Å². The highest BCUT2D eigenvalue weighted by Crippen LogP contribution is 2.26. The predicted molar refractivity (Wildman–Crippen MR) is 112 cm³/mol. The molecule has 1 atom stereocenters. The molecule has 2 aromatic rings. The lowest BCUT2D eigenvalue weighted by molar-refractivity contribution is -0.143. The van der Waals surface area contributed by atoms with Crippen LogP contribution in [0.4, 0.5) is 13.2 Å². The number of carbonyl (C=O) groups is 1. The second-order valence-electron chi connectivity index (χ2n) is 6.93. The molecular formula is C18H25F3N4O2S2. The second-order valence-corrected chi connectivity index (χ2v) is 9.46. The van der Waals surface area contributed by atoms with E-state index in [9.17, 15) is 22.8 Å². The molecule has 6 nitrogen and oxygen atoms in total. The van der Waals surface area contributed by atoms with Gasteiger partial charge in [0.1, 0.15) is 10.7 Å². The molecule has 0 radical (unpaired) electrons. The number of halogens is 3. The third-order valence-electron chi connectivity index (χ3n) is 4.39. The highest BCUT2D eigenvalue weighted by Gasteiger charge is 2.28. The molecule has 0 aliphatic rings. The van der Waals surface area contributed by atoms with Gasteiger partial charge in [-0.1, -0.05) is 0 Å². The Balaban J connectivity index is 1.79. The van der Waals surface area contributed by atoms with E-state index in [0.717, 1.165) is 10.4 Å². The van der Waals surface area contributed by atoms with Crippen LogP contribution in [0.5, 0.6) is 0 Å². The average Bonchev–Trinajstić information content (AvgIpc) is 2.89. The van der Waals surface area contributed by atoms with Gasteiger partial charge in [0.25, 0.3) is 5.56 Å². The summed E-state index contributed by atoms with van der Waals surface area (Å²) in [5.74, 6) is 0.700. The SMILES string of the molecule is Cc1sc2nc(CSC(C)C(=O)NCCCN(C)CC(F)(F)F)[nH]c(=O)c2c1C. The van der Waals surface area contributed by atoms with E-state index in [4.69, 9.17) is 0 Å². The molecule has 2 N–H and O–H groups in total. The number of nitrogens with zero attached hydrogens (tertiary/aromatic N) is 2. The summed E-state index contributed by atoms with van der Waals surface area (Å²) >= 11 is 2.81. The highest BCUT2D eigenvalue weighted by atomic mass is 32.2. The van der Waals surface area contributed by atoms with Crippen molar-refractivity contribution >= 4 is 39.2 Å². The van der Waals surface area contributed by atoms with Crippen molar-refractivity contribution in [1.82, 2.24) is 20.2 Å². The van der Waals surface area contributed by atoms with Crippen LogP contribution < -0.4 is 10.9 Å². The maximum Gasteiger partial charge on any atom is 0.401 e. The van der Waals surface area contributed by atoms with Crippen molar-refractivity contribution in [2.24, 2.45) is 0 Å². The van der Waals surface area contributed by atoms with Crippen LogP contribution in [-0.4, -0.2) is 58.9 Å². The molecule has 0 aromatic carbocycles. The molecule has 0 bridgehead atoms. The Morgan fingerprint density at radius 1 is 1.38 bits per heavy atom. The number of hydrogen-bond donors (Lipinski definition) is 2. The van der Waals surface area contributed by atoms with E-state index in [-0.39, 0.29) is 23.3 Å². The summed E-state index contributed by atoms with van der Waals surface area (Å²) < 4.78 is 36.8. The molecule has 1 unspecified atom stereocenters. The molecule has 0 aliphatic heterocycles. The lowest BCUT2D eigenvalue weighted by atomic mass is 10.2. The van der Waals surface area contributed by atoms with Crippen LogP contribution in [-0.2, 0) is 10.5 Å². The molecular weight excluding hydrogens is 425 g/mol. The monoisotopic (exact) mass is 450 g/mol. The minimum atomic E-state index is -4.22.